The van der Waals surface area contributed by atoms with Crippen LogP contribution in [-0.2, 0) is 4.79 Å². The van der Waals surface area contributed by atoms with Crippen LogP contribution in [0.5, 0.6) is 0 Å². The molecule has 1 atom stereocenters. The number of amides is 1. The first-order valence-electron chi connectivity index (χ1n) is 7.65. The molecule has 0 aromatic carbocycles. The third kappa shape index (κ3) is 5.38. The van der Waals surface area contributed by atoms with E-state index in [2.05, 4.69) is 19.2 Å². The summed E-state index contributed by atoms with van der Waals surface area (Å²) in [7, 11) is 0. The second-order valence-corrected chi connectivity index (χ2v) is 5.61. The third-order valence-electron chi connectivity index (χ3n) is 4.06. The van der Waals surface area contributed by atoms with Crippen LogP contribution in [0.3, 0.4) is 0 Å². The van der Waals surface area contributed by atoms with Gasteiger partial charge in [-0.2, -0.15) is 0 Å². The van der Waals surface area contributed by atoms with Crippen LogP contribution in [-0.4, -0.2) is 23.2 Å². The van der Waals surface area contributed by atoms with Gasteiger partial charge in [-0.1, -0.05) is 33.1 Å². The van der Waals surface area contributed by atoms with Crippen LogP contribution < -0.4 is 5.32 Å². The van der Waals surface area contributed by atoms with Crippen LogP contribution in [0.25, 0.3) is 0 Å². The second-order valence-electron chi connectivity index (χ2n) is 5.61. The fraction of sp³-hybridized carbons (Fsp3) is 0.933. The maximum Gasteiger partial charge on any atom is 0.223 e. The zero-order valence-electron chi connectivity index (χ0n) is 12.0. The van der Waals surface area contributed by atoms with Gasteiger partial charge in [0.2, 0.25) is 5.91 Å². The topological polar surface area (TPSA) is 49.3 Å². The maximum atomic E-state index is 12.1. The number of hydrogen-bond donors (Lipinski definition) is 2. The van der Waals surface area contributed by atoms with Crippen LogP contribution in [0.2, 0.25) is 0 Å². The summed E-state index contributed by atoms with van der Waals surface area (Å²) in [5.41, 5.74) is 0. The number of hydrogen-bond acceptors (Lipinski definition) is 2. The second kappa shape index (κ2) is 8.52. The predicted molar refractivity (Wildman–Crippen MR) is 74.3 cm³/mol. The number of rotatable bonds is 7. The first-order valence-corrected chi connectivity index (χ1v) is 7.65. The lowest BCUT2D eigenvalue weighted by Crippen LogP contribution is -2.41. The molecule has 106 valence electrons. The molecule has 3 nitrogen and oxygen atoms in total. The molecule has 1 fully saturated rings. The van der Waals surface area contributed by atoms with Crippen molar-refractivity contribution in [3.05, 3.63) is 0 Å². The Hall–Kier alpha value is -0.570. The van der Waals surface area contributed by atoms with E-state index in [9.17, 15) is 9.90 Å². The first-order chi connectivity index (χ1) is 8.67. The van der Waals surface area contributed by atoms with Crippen LogP contribution >= 0.6 is 0 Å². The summed E-state index contributed by atoms with van der Waals surface area (Å²) in [6.45, 7) is 4.29. The van der Waals surface area contributed by atoms with Crippen LogP contribution in [0, 0.1) is 5.92 Å². The molecule has 0 heterocycles. The van der Waals surface area contributed by atoms with E-state index < -0.39 is 0 Å². The summed E-state index contributed by atoms with van der Waals surface area (Å²) in [5, 5.41) is 12.6. The molecule has 1 aliphatic rings. The van der Waals surface area contributed by atoms with Crippen LogP contribution in [0.1, 0.15) is 71.6 Å². The highest BCUT2D eigenvalue weighted by Gasteiger charge is 2.23. The molecule has 0 radical (unpaired) electrons. The number of aliphatic hydroxyl groups is 1. The minimum absolute atomic E-state index is 0.148. The zero-order valence-corrected chi connectivity index (χ0v) is 12.0. The van der Waals surface area contributed by atoms with Gasteiger partial charge in [-0.15, -0.1) is 0 Å². The van der Waals surface area contributed by atoms with E-state index in [0.717, 1.165) is 44.9 Å². The van der Waals surface area contributed by atoms with E-state index in [1.807, 2.05) is 0 Å². The lowest BCUT2D eigenvalue weighted by molar-refractivity contribution is -0.126. The van der Waals surface area contributed by atoms with Gasteiger partial charge in [0.1, 0.15) is 0 Å². The fourth-order valence-electron chi connectivity index (χ4n) is 2.70. The Morgan fingerprint density at radius 1 is 1.22 bits per heavy atom. The number of carbonyl (C=O) groups is 1. The minimum atomic E-state index is -0.148. The Labute approximate surface area is 111 Å². The molecule has 18 heavy (non-hydrogen) atoms. The van der Waals surface area contributed by atoms with Crippen molar-refractivity contribution < 1.29 is 9.90 Å². The van der Waals surface area contributed by atoms with Gasteiger partial charge in [-0.25, -0.2) is 0 Å². The van der Waals surface area contributed by atoms with Crippen molar-refractivity contribution in [1.29, 1.82) is 0 Å². The molecule has 0 aromatic heterocycles. The van der Waals surface area contributed by atoms with Gasteiger partial charge in [0.25, 0.3) is 0 Å². The molecule has 0 saturated heterocycles. The van der Waals surface area contributed by atoms with Gasteiger partial charge in [-0.05, 0) is 38.5 Å². The monoisotopic (exact) mass is 255 g/mol. The molecule has 1 saturated carbocycles. The summed E-state index contributed by atoms with van der Waals surface area (Å²) in [6, 6.07) is 0.293. The SMILES string of the molecule is CCCCCC(CC)C(=O)NC1CCC(O)CC1. The molecule has 0 bridgehead atoms. The van der Waals surface area contributed by atoms with Gasteiger partial charge in [0.15, 0.2) is 0 Å². The van der Waals surface area contributed by atoms with Crippen molar-refractivity contribution in [1.82, 2.24) is 5.32 Å². The quantitative estimate of drug-likeness (QED) is 0.687. The number of carbonyl (C=O) groups excluding carboxylic acids is 1. The van der Waals surface area contributed by atoms with Crippen LogP contribution in [0.4, 0.5) is 0 Å². The van der Waals surface area contributed by atoms with Crippen LogP contribution in [0.15, 0.2) is 0 Å². The molecule has 1 unspecified atom stereocenters. The predicted octanol–water partition coefficient (Wildman–Crippen LogP) is 3.01. The normalized spacial score (nSPS) is 25.7. The lowest BCUT2D eigenvalue weighted by atomic mass is 9.91. The van der Waals surface area contributed by atoms with E-state index in [4.69, 9.17) is 0 Å². The zero-order chi connectivity index (χ0) is 13.4. The van der Waals surface area contributed by atoms with E-state index in [1.165, 1.54) is 12.8 Å². The average molecular weight is 255 g/mol. The van der Waals surface area contributed by atoms with Crippen molar-refractivity contribution in [3.8, 4) is 0 Å². The molecule has 0 aliphatic heterocycles. The Bertz CT molecular complexity index is 235. The molecule has 2 N–H and O–H groups in total. The van der Waals surface area contributed by atoms with Gasteiger partial charge >= 0.3 is 0 Å². The molecule has 1 amide bonds. The Kier molecular flexibility index (Phi) is 7.33. The Balaban J connectivity index is 2.28. The smallest absolute Gasteiger partial charge is 0.223 e. The van der Waals surface area contributed by atoms with Gasteiger partial charge in [0.05, 0.1) is 6.10 Å². The highest BCUT2D eigenvalue weighted by Crippen LogP contribution is 2.20. The summed E-state index contributed by atoms with van der Waals surface area (Å²) >= 11 is 0. The highest BCUT2D eigenvalue weighted by molar-refractivity contribution is 5.78. The van der Waals surface area contributed by atoms with Gasteiger partial charge < -0.3 is 10.4 Å². The van der Waals surface area contributed by atoms with E-state index in [1.54, 1.807) is 0 Å². The number of aliphatic hydroxyl groups excluding tert-OH is 1. The van der Waals surface area contributed by atoms with Crippen molar-refractivity contribution >= 4 is 5.91 Å². The van der Waals surface area contributed by atoms with Gasteiger partial charge in [0, 0.05) is 12.0 Å². The van der Waals surface area contributed by atoms with Gasteiger partial charge in [-0.3, -0.25) is 4.79 Å². The first kappa shape index (κ1) is 15.5. The largest absolute Gasteiger partial charge is 0.393 e. The van der Waals surface area contributed by atoms with Crippen molar-refractivity contribution in [2.45, 2.75) is 83.8 Å². The molecule has 0 spiro atoms. The van der Waals surface area contributed by atoms with E-state index >= 15 is 0 Å². The highest BCUT2D eigenvalue weighted by atomic mass is 16.3. The fourth-order valence-corrected chi connectivity index (χ4v) is 2.70. The minimum Gasteiger partial charge on any atom is -0.393 e. The molecule has 1 rings (SSSR count). The lowest BCUT2D eigenvalue weighted by Gasteiger charge is -2.27. The molecule has 1 aliphatic carbocycles. The van der Waals surface area contributed by atoms with Crippen molar-refractivity contribution in [2.24, 2.45) is 5.92 Å². The third-order valence-corrected chi connectivity index (χ3v) is 4.06. The summed E-state index contributed by atoms with van der Waals surface area (Å²) in [5.74, 6) is 0.415. The summed E-state index contributed by atoms with van der Waals surface area (Å²) in [6.07, 6.45) is 8.91. The van der Waals surface area contributed by atoms with Crippen molar-refractivity contribution in [2.75, 3.05) is 0 Å². The Morgan fingerprint density at radius 2 is 1.89 bits per heavy atom. The van der Waals surface area contributed by atoms with E-state index in [-0.39, 0.29) is 17.9 Å². The number of nitrogens with one attached hydrogen (secondary N) is 1. The molecule has 0 aromatic rings. The van der Waals surface area contributed by atoms with E-state index in [0.29, 0.717) is 6.04 Å². The molecular formula is C15H29NO2. The number of unbranched alkanes of at least 4 members (excludes halogenated alkanes) is 2. The maximum absolute atomic E-state index is 12.1. The molecular weight excluding hydrogens is 226 g/mol. The Morgan fingerprint density at radius 3 is 2.44 bits per heavy atom. The summed E-state index contributed by atoms with van der Waals surface area (Å²) in [4.78, 5) is 12.1. The standard InChI is InChI=1S/C15H29NO2/c1-3-5-6-7-12(4-2)15(18)16-13-8-10-14(17)11-9-13/h12-14,17H,3-11H2,1-2H3,(H,16,18). The average Bonchev–Trinajstić information content (AvgIpc) is 2.37. The molecule has 3 heteroatoms. The summed E-state index contributed by atoms with van der Waals surface area (Å²) < 4.78 is 0. The van der Waals surface area contributed by atoms with Crippen molar-refractivity contribution in [3.63, 3.8) is 0 Å².